The van der Waals surface area contributed by atoms with Crippen LogP contribution in [0.15, 0.2) is 54.6 Å². The van der Waals surface area contributed by atoms with Crippen molar-refractivity contribution in [1.29, 1.82) is 0 Å². The molecule has 23 heavy (non-hydrogen) atoms. The van der Waals surface area contributed by atoms with Crippen molar-refractivity contribution < 1.29 is 14.3 Å². The fourth-order valence-corrected chi connectivity index (χ4v) is 3.01. The zero-order valence-electron chi connectivity index (χ0n) is 13.0. The van der Waals surface area contributed by atoms with Gasteiger partial charge in [0.25, 0.3) is 0 Å². The third kappa shape index (κ3) is 3.37. The van der Waals surface area contributed by atoms with E-state index in [1.54, 1.807) is 0 Å². The lowest BCUT2D eigenvalue weighted by Crippen LogP contribution is -2.45. The van der Waals surface area contributed by atoms with E-state index in [4.69, 9.17) is 15.2 Å². The third-order valence-electron chi connectivity index (χ3n) is 4.47. The summed E-state index contributed by atoms with van der Waals surface area (Å²) < 4.78 is 11.2. The van der Waals surface area contributed by atoms with E-state index in [-0.39, 0.29) is 5.91 Å². The lowest BCUT2D eigenvalue weighted by atomic mass is 9.73. The van der Waals surface area contributed by atoms with Gasteiger partial charge in [-0.3, -0.25) is 4.79 Å². The quantitative estimate of drug-likeness (QED) is 0.923. The number of primary amides is 1. The van der Waals surface area contributed by atoms with Gasteiger partial charge < -0.3 is 15.2 Å². The second kappa shape index (κ2) is 6.84. The summed E-state index contributed by atoms with van der Waals surface area (Å²) in [4.78, 5) is 12.0. The summed E-state index contributed by atoms with van der Waals surface area (Å²) >= 11 is 0. The first-order valence-electron chi connectivity index (χ1n) is 7.86. The second-order valence-electron chi connectivity index (χ2n) is 5.86. The molecule has 2 N–H and O–H groups in total. The number of amides is 1. The van der Waals surface area contributed by atoms with Crippen molar-refractivity contribution in [2.24, 2.45) is 5.73 Å². The largest absolute Gasteiger partial charge is 0.489 e. The molecular formula is C19H21NO3. The van der Waals surface area contributed by atoms with Crippen LogP contribution in [-0.2, 0) is 21.6 Å². The Hall–Kier alpha value is -2.33. The van der Waals surface area contributed by atoms with Crippen molar-refractivity contribution in [2.45, 2.75) is 24.9 Å². The minimum Gasteiger partial charge on any atom is -0.489 e. The van der Waals surface area contributed by atoms with Crippen molar-refractivity contribution in [3.05, 3.63) is 65.7 Å². The molecule has 1 aliphatic rings. The Morgan fingerprint density at radius 2 is 1.70 bits per heavy atom. The molecule has 0 saturated carbocycles. The summed E-state index contributed by atoms with van der Waals surface area (Å²) in [6.07, 6.45) is 1.26. The standard InChI is InChI=1S/C19H21NO3/c20-18(21)19(10-12-22-13-11-19)16-6-8-17(9-7-16)23-14-15-4-2-1-3-5-15/h1-9H,10-14H2,(H2,20,21). The van der Waals surface area contributed by atoms with Gasteiger partial charge >= 0.3 is 0 Å². The van der Waals surface area contributed by atoms with Crippen LogP contribution < -0.4 is 10.5 Å². The SMILES string of the molecule is NC(=O)C1(c2ccc(OCc3ccccc3)cc2)CCOCC1. The first-order valence-corrected chi connectivity index (χ1v) is 7.86. The van der Waals surface area contributed by atoms with Gasteiger partial charge in [0.15, 0.2) is 0 Å². The second-order valence-corrected chi connectivity index (χ2v) is 5.86. The number of nitrogens with two attached hydrogens (primary N) is 1. The van der Waals surface area contributed by atoms with Gasteiger partial charge in [0, 0.05) is 13.2 Å². The zero-order chi connectivity index (χ0) is 16.1. The highest BCUT2D eigenvalue weighted by molar-refractivity contribution is 5.86. The number of ether oxygens (including phenoxy) is 2. The molecule has 0 aromatic heterocycles. The molecule has 2 aromatic rings. The van der Waals surface area contributed by atoms with Gasteiger partial charge in [0.1, 0.15) is 12.4 Å². The van der Waals surface area contributed by atoms with Crippen molar-refractivity contribution in [3.8, 4) is 5.75 Å². The van der Waals surface area contributed by atoms with Gasteiger partial charge in [-0.1, -0.05) is 42.5 Å². The van der Waals surface area contributed by atoms with Crippen LogP contribution in [0.1, 0.15) is 24.0 Å². The van der Waals surface area contributed by atoms with E-state index >= 15 is 0 Å². The van der Waals surface area contributed by atoms with Gasteiger partial charge in [-0.05, 0) is 36.1 Å². The van der Waals surface area contributed by atoms with Gasteiger partial charge in [-0.15, -0.1) is 0 Å². The van der Waals surface area contributed by atoms with E-state index in [2.05, 4.69) is 0 Å². The number of hydrogen-bond acceptors (Lipinski definition) is 3. The minimum absolute atomic E-state index is 0.279. The maximum atomic E-state index is 12.0. The van der Waals surface area contributed by atoms with Crippen molar-refractivity contribution in [3.63, 3.8) is 0 Å². The van der Waals surface area contributed by atoms with Gasteiger partial charge in [0.05, 0.1) is 5.41 Å². The molecule has 0 unspecified atom stereocenters. The van der Waals surface area contributed by atoms with Crippen molar-refractivity contribution in [2.75, 3.05) is 13.2 Å². The lowest BCUT2D eigenvalue weighted by Gasteiger charge is -2.34. The van der Waals surface area contributed by atoms with Crippen LogP contribution in [0.25, 0.3) is 0 Å². The molecule has 1 heterocycles. The minimum atomic E-state index is -0.615. The Balaban J connectivity index is 1.72. The van der Waals surface area contributed by atoms with E-state index in [1.165, 1.54) is 0 Å². The topological polar surface area (TPSA) is 61.6 Å². The van der Waals surface area contributed by atoms with Crippen LogP contribution >= 0.6 is 0 Å². The van der Waals surface area contributed by atoms with Gasteiger partial charge in [-0.2, -0.15) is 0 Å². The monoisotopic (exact) mass is 311 g/mol. The predicted molar refractivity (Wildman–Crippen MR) is 88.1 cm³/mol. The van der Waals surface area contributed by atoms with Crippen LogP contribution in [-0.4, -0.2) is 19.1 Å². The molecule has 1 saturated heterocycles. The molecule has 0 radical (unpaired) electrons. The first kappa shape index (κ1) is 15.6. The maximum absolute atomic E-state index is 12.0. The number of carbonyl (C=O) groups is 1. The molecule has 1 aliphatic heterocycles. The Morgan fingerprint density at radius 3 is 2.30 bits per heavy atom. The van der Waals surface area contributed by atoms with E-state index < -0.39 is 5.41 Å². The average molecular weight is 311 g/mol. The molecule has 3 rings (SSSR count). The van der Waals surface area contributed by atoms with E-state index in [0.717, 1.165) is 16.9 Å². The summed E-state index contributed by atoms with van der Waals surface area (Å²) in [5.41, 5.74) is 7.13. The Labute approximate surface area is 136 Å². The smallest absolute Gasteiger partial charge is 0.228 e. The summed E-state index contributed by atoms with van der Waals surface area (Å²) in [7, 11) is 0. The molecule has 0 atom stereocenters. The fourth-order valence-electron chi connectivity index (χ4n) is 3.01. The summed E-state index contributed by atoms with van der Waals surface area (Å²) in [5.74, 6) is 0.503. The molecule has 4 heteroatoms. The molecule has 1 amide bonds. The highest BCUT2D eigenvalue weighted by Gasteiger charge is 2.40. The van der Waals surface area contributed by atoms with Crippen LogP contribution in [0.2, 0.25) is 0 Å². The average Bonchev–Trinajstić information content (AvgIpc) is 2.62. The van der Waals surface area contributed by atoms with Crippen molar-refractivity contribution in [1.82, 2.24) is 0 Å². The van der Waals surface area contributed by atoms with Crippen LogP contribution in [0.4, 0.5) is 0 Å². The highest BCUT2D eigenvalue weighted by atomic mass is 16.5. The van der Waals surface area contributed by atoms with E-state index in [9.17, 15) is 4.79 Å². The van der Waals surface area contributed by atoms with Gasteiger partial charge in [-0.25, -0.2) is 0 Å². The molecule has 0 aliphatic carbocycles. The molecule has 1 fully saturated rings. The number of carbonyl (C=O) groups excluding carboxylic acids is 1. The summed E-state index contributed by atoms with van der Waals surface area (Å²) in [6.45, 7) is 1.65. The normalized spacial score (nSPS) is 16.7. The lowest BCUT2D eigenvalue weighted by molar-refractivity contribution is -0.127. The number of benzene rings is 2. The first-order chi connectivity index (χ1) is 11.2. The molecular weight excluding hydrogens is 290 g/mol. The number of hydrogen-bond donors (Lipinski definition) is 1. The summed E-state index contributed by atoms with van der Waals surface area (Å²) in [6, 6.07) is 17.7. The highest BCUT2D eigenvalue weighted by Crippen LogP contribution is 2.35. The van der Waals surface area contributed by atoms with Crippen molar-refractivity contribution >= 4 is 5.91 Å². The van der Waals surface area contributed by atoms with Crippen LogP contribution in [0.5, 0.6) is 5.75 Å². The molecule has 0 bridgehead atoms. The fraction of sp³-hybridized carbons (Fsp3) is 0.316. The zero-order valence-corrected chi connectivity index (χ0v) is 13.0. The van der Waals surface area contributed by atoms with Crippen LogP contribution in [0, 0.1) is 0 Å². The Kier molecular flexibility index (Phi) is 4.63. The predicted octanol–water partition coefficient (Wildman–Crippen LogP) is 2.80. The summed E-state index contributed by atoms with van der Waals surface area (Å²) in [5, 5.41) is 0. The van der Waals surface area contributed by atoms with Gasteiger partial charge in [0.2, 0.25) is 5.91 Å². The molecule has 120 valence electrons. The van der Waals surface area contributed by atoms with E-state index in [0.29, 0.717) is 32.7 Å². The maximum Gasteiger partial charge on any atom is 0.228 e. The molecule has 2 aromatic carbocycles. The number of rotatable bonds is 5. The third-order valence-corrected chi connectivity index (χ3v) is 4.47. The Morgan fingerprint density at radius 1 is 1.04 bits per heavy atom. The molecule has 4 nitrogen and oxygen atoms in total. The van der Waals surface area contributed by atoms with E-state index in [1.807, 2.05) is 54.6 Å². The Bertz CT molecular complexity index is 646. The van der Waals surface area contributed by atoms with Crippen LogP contribution in [0.3, 0.4) is 0 Å². The molecule has 0 spiro atoms.